The van der Waals surface area contributed by atoms with Gasteiger partial charge < -0.3 is 10.5 Å². The van der Waals surface area contributed by atoms with Crippen molar-refractivity contribution in [3.63, 3.8) is 0 Å². The summed E-state index contributed by atoms with van der Waals surface area (Å²) in [5.41, 5.74) is 5.78. The van der Waals surface area contributed by atoms with E-state index in [1.54, 1.807) is 0 Å². The molecule has 0 aliphatic carbocycles. The molecule has 0 aliphatic rings. The van der Waals surface area contributed by atoms with Crippen molar-refractivity contribution in [2.24, 2.45) is 5.73 Å². The van der Waals surface area contributed by atoms with Gasteiger partial charge in [-0.3, -0.25) is 4.79 Å². The highest BCUT2D eigenvalue weighted by molar-refractivity contribution is 5.75. The van der Waals surface area contributed by atoms with Crippen LogP contribution in [0.4, 0.5) is 0 Å². The molecule has 0 heterocycles. The zero-order chi connectivity index (χ0) is 14.3. The third-order valence-electron chi connectivity index (χ3n) is 3.41. The summed E-state index contributed by atoms with van der Waals surface area (Å²) in [5, 5.41) is 0. The van der Waals surface area contributed by atoms with Crippen LogP contribution in [0.25, 0.3) is 0 Å². The van der Waals surface area contributed by atoms with Gasteiger partial charge in [0, 0.05) is 0 Å². The molecule has 0 spiro atoms. The van der Waals surface area contributed by atoms with Gasteiger partial charge in [-0.1, -0.05) is 71.6 Å². The van der Waals surface area contributed by atoms with Crippen molar-refractivity contribution < 1.29 is 9.53 Å². The fraction of sp³-hybridized carbons (Fsp3) is 0.938. The molecule has 0 aromatic rings. The molecule has 2 N–H and O–H groups in total. The molecule has 0 saturated heterocycles. The molecule has 3 heteroatoms. The quantitative estimate of drug-likeness (QED) is 0.404. The van der Waals surface area contributed by atoms with Gasteiger partial charge in [-0.15, -0.1) is 0 Å². The van der Waals surface area contributed by atoms with E-state index >= 15 is 0 Å². The highest BCUT2D eigenvalue weighted by atomic mass is 16.5. The Labute approximate surface area is 119 Å². The van der Waals surface area contributed by atoms with Crippen molar-refractivity contribution in [1.29, 1.82) is 0 Å². The van der Waals surface area contributed by atoms with Crippen LogP contribution in [0.2, 0.25) is 0 Å². The molecule has 0 bridgehead atoms. The fourth-order valence-electron chi connectivity index (χ4n) is 2.07. The van der Waals surface area contributed by atoms with Gasteiger partial charge in [0.2, 0.25) is 0 Å². The van der Waals surface area contributed by atoms with E-state index in [1.165, 1.54) is 32.1 Å². The molecule has 0 radical (unpaired) electrons. The van der Waals surface area contributed by atoms with Crippen LogP contribution in [0.3, 0.4) is 0 Å². The minimum absolute atomic E-state index is 0.220. The lowest BCUT2D eigenvalue weighted by Gasteiger charge is -2.11. The van der Waals surface area contributed by atoms with Crippen LogP contribution in [-0.2, 0) is 9.53 Å². The van der Waals surface area contributed by atoms with E-state index < -0.39 is 6.04 Å². The molecule has 0 amide bonds. The predicted octanol–water partition coefficient (Wildman–Crippen LogP) is 4.19. The Kier molecular flexibility index (Phi) is 13.4. The SMILES string of the molecule is CCCCCCCCCOC(=O)C(N)CCCCC. The van der Waals surface area contributed by atoms with E-state index in [0.29, 0.717) is 6.61 Å². The highest BCUT2D eigenvalue weighted by Gasteiger charge is 2.13. The van der Waals surface area contributed by atoms with Crippen molar-refractivity contribution in [1.82, 2.24) is 0 Å². The molecule has 19 heavy (non-hydrogen) atoms. The molecule has 0 rings (SSSR count). The first-order valence-electron chi connectivity index (χ1n) is 8.14. The summed E-state index contributed by atoms with van der Waals surface area (Å²) >= 11 is 0. The maximum atomic E-state index is 11.6. The van der Waals surface area contributed by atoms with E-state index in [-0.39, 0.29) is 5.97 Å². The normalized spacial score (nSPS) is 12.4. The monoisotopic (exact) mass is 271 g/mol. The Morgan fingerprint density at radius 3 is 2.05 bits per heavy atom. The van der Waals surface area contributed by atoms with Crippen LogP contribution >= 0.6 is 0 Å². The summed E-state index contributed by atoms with van der Waals surface area (Å²) < 4.78 is 5.20. The molecule has 3 nitrogen and oxygen atoms in total. The lowest BCUT2D eigenvalue weighted by Crippen LogP contribution is -2.32. The largest absolute Gasteiger partial charge is 0.465 e. The maximum absolute atomic E-state index is 11.6. The van der Waals surface area contributed by atoms with Gasteiger partial charge >= 0.3 is 5.97 Å². The first kappa shape index (κ1) is 18.4. The first-order valence-corrected chi connectivity index (χ1v) is 8.14. The second-order valence-corrected chi connectivity index (χ2v) is 5.39. The summed E-state index contributed by atoms with van der Waals surface area (Å²) in [6.45, 7) is 4.90. The highest BCUT2D eigenvalue weighted by Crippen LogP contribution is 2.07. The summed E-state index contributed by atoms with van der Waals surface area (Å²) in [4.78, 5) is 11.6. The second-order valence-electron chi connectivity index (χ2n) is 5.39. The third kappa shape index (κ3) is 12.2. The van der Waals surface area contributed by atoms with Gasteiger partial charge in [0.25, 0.3) is 0 Å². The van der Waals surface area contributed by atoms with Crippen molar-refractivity contribution in [2.45, 2.75) is 90.5 Å². The first-order chi connectivity index (χ1) is 9.22. The molecule has 0 aliphatic heterocycles. The van der Waals surface area contributed by atoms with Crippen molar-refractivity contribution >= 4 is 5.97 Å². The molecule has 114 valence electrons. The Bertz CT molecular complexity index is 207. The zero-order valence-electron chi connectivity index (χ0n) is 13.0. The molecule has 0 saturated carbocycles. The lowest BCUT2D eigenvalue weighted by molar-refractivity contribution is -0.145. The Hall–Kier alpha value is -0.570. The van der Waals surface area contributed by atoms with Crippen molar-refractivity contribution in [3.8, 4) is 0 Å². The third-order valence-corrected chi connectivity index (χ3v) is 3.41. The standard InChI is InChI=1S/C16H33NO2/c1-3-5-7-8-9-10-12-14-19-16(18)15(17)13-11-6-4-2/h15H,3-14,17H2,1-2H3. The summed E-state index contributed by atoms with van der Waals surface area (Å²) in [6.07, 6.45) is 12.7. The molecule has 1 atom stereocenters. The predicted molar refractivity (Wildman–Crippen MR) is 81.1 cm³/mol. The van der Waals surface area contributed by atoms with Crippen molar-refractivity contribution in [2.75, 3.05) is 6.61 Å². The number of unbranched alkanes of at least 4 members (excludes halogenated alkanes) is 8. The number of hydrogen-bond acceptors (Lipinski definition) is 3. The Morgan fingerprint density at radius 2 is 1.42 bits per heavy atom. The average Bonchev–Trinajstić information content (AvgIpc) is 2.41. The van der Waals surface area contributed by atoms with Crippen LogP contribution in [-0.4, -0.2) is 18.6 Å². The number of carbonyl (C=O) groups is 1. The van der Waals surface area contributed by atoms with E-state index in [4.69, 9.17) is 10.5 Å². The lowest BCUT2D eigenvalue weighted by atomic mass is 10.1. The molecule has 0 aromatic heterocycles. The van der Waals surface area contributed by atoms with Gasteiger partial charge in [-0.2, -0.15) is 0 Å². The van der Waals surface area contributed by atoms with Crippen LogP contribution in [0.5, 0.6) is 0 Å². The van der Waals surface area contributed by atoms with Gasteiger partial charge in [-0.25, -0.2) is 0 Å². The topological polar surface area (TPSA) is 52.3 Å². The van der Waals surface area contributed by atoms with Crippen LogP contribution in [0, 0.1) is 0 Å². The van der Waals surface area contributed by atoms with Gasteiger partial charge in [0.05, 0.1) is 6.61 Å². The second kappa shape index (κ2) is 13.9. The van der Waals surface area contributed by atoms with E-state index in [2.05, 4.69) is 13.8 Å². The van der Waals surface area contributed by atoms with E-state index in [0.717, 1.165) is 38.5 Å². The van der Waals surface area contributed by atoms with Gasteiger partial charge in [0.15, 0.2) is 0 Å². The number of rotatable bonds is 13. The Balaban J connectivity index is 3.32. The van der Waals surface area contributed by atoms with Gasteiger partial charge in [0.1, 0.15) is 6.04 Å². The maximum Gasteiger partial charge on any atom is 0.322 e. The smallest absolute Gasteiger partial charge is 0.322 e. The molecular weight excluding hydrogens is 238 g/mol. The fourth-order valence-corrected chi connectivity index (χ4v) is 2.07. The average molecular weight is 271 g/mol. The molecule has 0 aromatic carbocycles. The van der Waals surface area contributed by atoms with E-state index in [1.807, 2.05) is 0 Å². The molecule has 0 fully saturated rings. The molecule has 1 unspecified atom stereocenters. The summed E-state index contributed by atoms with van der Waals surface area (Å²) in [7, 11) is 0. The van der Waals surface area contributed by atoms with Crippen LogP contribution in [0.1, 0.15) is 84.5 Å². The minimum Gasteiger partial charge on any atom is -0.465 e. The van der Waals surface area contributed by atoms with Crippen LogP contribution in [0.15, 0.2) is 0 Å². The number of nitrogens with two attached hydrogens (primary N) is 1. The number of carbonyl (C=O) groups excluding carboxylic acids is 1. The van der Waals surface area contributed by atoms with Gasteiger partial charge in [-0.05, 0) is 12.8 Å². The number of ether oxygens (including phenoxy) is 1. The van der Waals surface area contributed by atoms with Crippen molar-refractivity contribution in [3.05, 3.63) is 0 Å². The Morgan fingerprint density at radius 1 is 0.895 bits per heavy atom. The van der Waals surface area contributed by atoms with Crippen LogP contribution < -0.4 is 5.73 Å². The van der Waals surface area contributed by atoms with E-state index in [9.17, 15) is 4.79 Å². The zero-order valence-corrected chi connectivity index (χ0v) is 13.0. The minimum atomic E-state index is -0.420. The summed E-state index contributed by atoms with van der Waals surface area (Å²) in [6, 6.07) is -0.420. The number of esters is 1. The summed E-state index contributed by atoms with van der Waals surface area (Å²) in [5.74, 6) is -0.220. The number of hydrogen-bond donors (Lipinski definition) is 1. The molecular formula is C16H33NO2.